The molecule has 0 rings (SSSR count). The lowest BCUT2D eigenvalue weighted by Gasteiger charge is -2.09. The van der Waals surface area contributed by atoms with E-state index >= 15 is 0 Å². The van der Waals surface area contributed by atoms with Gasteiger partial charge in [0.05, 0.1) is 13.2 Å². The van der Waals surface area contributed by atoms with Crippen LogP contribution in [0, 0.1) is 11.8 Å². The number of esters is 1. The molecule has 0 heterocycles. The molecule has 0 spiro atoms. The van der Waals surface area contributed by atoms with Gasteiger partial charge in [0.15, 0.2) is 0 Å². The van der Waals surface area contributed by atoms with Gasteiger partial charge in [-0.1, -0.05) is 27.7 Å². The number of hydrogen-bond acceptors (Lipinski definition) is 5. The van der Waals surface area contributed by atoms with Gasteiger partial charge in [0.2, 0.25) is 5.91 Å². The fraction of sp³-hybridized carbons (Fsp3) is 0.824. The van der Waals surface area contributed by atoms with E-state index in [-0.39, 0.29) is 11.9 Å². The van der Waals surface area contributed by atoms with Gasteiger partial charge in [0.25, 0.3) is 0 Å². The highest BCUT2D eigenvalue weighted by atomic mass is 16.5. The molecule has 0 fully saturated rings. The molecule has 0 aromatic carbocycles. The quantitative estimate of drug-likeness (QED) is 0.418. The SMILES string of the molecule is CC(C)COC(=O)CCCNC(=O)CCCNC(=O)OCC(C)C. The Labute approximate surface area is 144 Å². The lowest BCUT2D eigenvalue weighted by molar-refractivity contribution is -0.144. The Balaban J connectivity index is 3.50. The monoisotopic (exact) mass is 344 g/mol. The Morgan fingerprint density at radius 1 is 0.792 bits per heavy atom. The van der Waals surface area contributed by atoms with Crippen molar-refractivity contribution in [2.45, 2.75) is 53.4 Å². The first kappa shape index (κ1) is 22.2. The molecule has 140 valence electrons. The Bertz CT molecular complexity index is 349. The van der Waals surface area contributed by atoms with Crippen LogP contribution in [0.25, 0.3) is 0 Å². The molecule has 0 atom stereocenters. The van der Waals surface area contributed by atoms with Crippen LogP contribution in [0.1, 0.15) is 53.4 Å². The number of amides is 2. The van der Waals surface area contributed by atoms with Crippen molar-refractivity contribution in [3.63, 3.8) is 0 Å². The smallest absolute Gasteiger partial charge is 0.407 e. The lowest BCUT2D eigenvalue weighted by Crippen LogP contribution is -2.29. The van der Waals surface area contributed by atoms with Crippen LogP contribution in [0.5, 0.6) is 0 Å². The number of nitrogens with one attached hydrogen (secondary N) is 2. The van der Waals surface area contributed by atoms with Gasteiger partial charge in [0, 0.05) is 25.9 Å². The summed E-state index contributed by atoms with van der Waals surface area (Å²) in [6.07, 6.45) is 1.27. The molecule has 0 radical (unpaired) electrons. The van der Waals surface area contributed by atoms with Crippen molar-refractivity contribution in [3.8, 4) is 0 Å². The maximum Gasteiger partial charge on any atom is 0.407 e. The standard InChI is InChI=1S/C17H32N2O5/c1-13(2)11-23-16(21)8-6-9-18-15(20)7-5-10-19-17(22)24-12-14(3)4/h13-14H,5-12H2,1-4H3,(H,18,20)(H,19,22). The zero-order valence-electron chi connectivity index (χ0n) is 15.4. The minimum absolute atomic E-state index is 0.0945. The second-order valence-corrected chi connectivity index (χ2v) is 6.55. The number of alkyl carbamates (subject to hydrolysis) is 1. The van der Waals surface area contributed by atoms with Gasteiger partial charge in [-0.3, -0.25) is 9.59 Å². The van der Waals surface area contributed by atoms with Gasteiger partial charge in [0.1, 0.15) is 0 Å². The average Bonchev–Trinajstić information content (AvgIpc) is 2.51. The average molecular weight is 344 g/mol. The molecular formula is C17H32N2O5. The maximum absolute atomic E-state index is 11.6. The third-order valence-corrected chi connectivity index (χ3v) is 2.86. The summed E-state index contributed by atoms with van der Waals surface area (Å²) in [5.74, 6) is 0.291. The Morgan fingerprint density at radius 2 is 1.33 bits per heavy atom. The molecule has 0 saturated carbocycles. The van der Waals surface area contributed by atoms with Crippen LogP contribution >= 0.6 is 0 Å². The predicted molar refractivity (Wildman–Crippen MR) is 91.5 cm³/mol. The van der Waals surface area contributed by atoms with Gasteiger partial charge in [-0.2, -0.15) is 0 Å². The molecule has 7 heteroatoms. The van der Waals surface area contributed by atoms with Gasteiger partial charge < -0.3 is 20.1 Å². The number of rotatable bonds is 12. The molecule has 7 nitrogen and oxygen atoms in total. The lowest BCUT2D eigenvalue weighted by atomic mass is 10.2. The molecule has 0 aromatic heterocycles. The summed E-state index contributed by atoms with van der Waals surface area (Å²) in [5, 5.41) is 5.34. The molecule has 0 aliphatic rings. The molecule has 0 unspecified atom stereocenters. The molecule has 2 N–H and O–H groups in total. The third kappa shape index (κ3) is 15.1. The van der Waals surface area contributed by atoms with Crippen LogP contribution in [0.4, 0.5) is 4.79 Å². The normalized spacial score (nSPS) is 10.6. The summed E-state index contributed by atoms with van der Waals surface area (Å²) in [6.45, 7) is 9.52. The van der Waals surface area contributed by atoms with Crippen LogP contribution in [0.2, 0.25) is 0 Å². The van der Waals surface area contributed by atoms with Gasteiger partial charge in [-0.05, 0) is 24.7 Å². The second-order valence-electron chi connectivity index (χ2n) is 6.55. The van der Waals surface area contributed by atoms with E-state index in [1.807, 2.05) is 27.7 Å². The maximum atomic E-state index is 11.6. The fourth-order valence-corrected chi connectivity index (χ4v) is 1.61. The van der Waals surface area contributed by atoms with Crippen molar-refractivity contribution in [3.05, 3.63) is 0 Å². The van der Waals surface area contributed by atoms with E-state index in [4.69, 9.17) is 9.47 Å². The van der Waals surface area contributed by atoms with Crippen LogP contribution in [-0.2, 0) is 19.1 Å². The molecule has 0 saturated heterocycles. The first-order chi connectivity index (χ1) is 11.3. The summed E-state index contributed by atoms with van der Waals surface area (Å²) >= 11 is 0. The van der Waals surface area contributed by atoms with E-state index in [0.29, 0.717) is 63.8 Å². The molecule has 2 amide bonds. The zero-order chi connectivity index (χ0) is 18.4. The van der Waals surface area contributed by atoms with Crippen molar-refractivity contribution in [1.82, 2.24) is 10.6 Å². The minimum atomic E-state index is -0.455. The second kappa shape index (κ2) is 13.6. The first-order valence-corrected chi connectivity index (χ1v) is 8.64. The van der Waals surface area contributed by atoms with Gasteiger partial charge >= 0.3 is 12.1 Å². The van der Waals surface area contributed by atoms with Crippen molar-refractivity contribution >= 4 is 18.0 Å². The van der Waals surface area contributed by atoms with Crippen molar-refractivity contribution in [2.75, 3.05) is 26.3 Å². The van der Waals surface area contributed by atoms with E-state index in [1.54, 1.807) is 0 Å². The van der Waals surface area contributed by atoms with Crippen LogP contribution < -0.4 is 10.6 Å². The summed E-state index contributed by atoms with van der Waals surface area (Å²) in [4.78, 5) is 34.3. The summed E-state index contributed by atoms with van der Waals surface area (Å²) in [7, 11) is 0. The highest BCUT2D eigenvalue weighted by molar-refractivity contribution is 5.76. The third-order valence-electron chi connectivity index (χ3n) is 2.86. The Hall–Kier alpha value is -1.79. The largest absolute Gasteiger partial charge is 0.465 e. The van der Waals surface area contributed by atoms with E-state index < -0.39 is 6.09 Å². The van der Waals surface area contributed by atoms with Crippen LogP contribution in [0.15, 0.2) is 0 Å². The van der Waals surface area contributed by atoms with Crippen LogP contribution in [-0.4, -0.2) is 44.3 Å². The number of hydrogen-bond donors (Lipinski definition) is 2. The van der Waals surface area contributed by atoms with Crippen molar-refractivity contribution < 1.29 is 23.9 Å². The molecule has 24 heavy (non-hydrogen) atoms. The first-order valence-electron chi connectivity index (χ1n) is 8.64. The molecule has 0 aliphatic heterocycles. The summed E-state index contributed by atoms with van der Waals surface area (Å²) in [5.41, 5.74) is 0. The summed E-state index contributed by atoms with van der Waals surface area (Å²) in [6, 6.07) is 0. The fourth-order valence-electron chi connectivity index (χ4n) is 1.61. The van der Waals surface area contributed by atoms with Crippen LogP contribution in [0.3, 0.4) is 0 Å². The highest BCUT2D eigenvalue weighted by Gasteiger charge is 2.06. The van der Waals surface area contributed by atoms with E-state index in [2.05, 4.69) is 10.6 Å². The minimum Gasteiger partial charge on any atom is -0.465 e. The van der Waals surface area contributed by atoms with E-state index in [1.165, 1.54) is 0 Å². The molecule has 0 bridgehead atoms. The Morgan fingerprint density at radius 3 is 1.96 bits per heavy atom. The number of carbonyl (C=O) groups is 3. The summed E-state index contributed by atoms with van der Waals surface area (Å²) < 4.78 is 10.00. The highest BCUT2D eigenvalue weighted by Crippen LogP contribution is 1.98. The molecular weight excluding hydrogens is 312 g/mol. The van der Waals surface area contributed by atoms with E-state index in [9.17, 15) is 14.4 Å². The van der Waals surface area contributed by atoms with E-state index in [0.717, 1.165) is 0 Å². The topological polar surface area (TPSA) is 93.7 Å². The zero-order valence-corrected chi connectivity index (χ0v) is 15.4. The van der Waals surface area contributed by atoms with Gasteiger partial charge in [-0.15, -0.1) is 0 Å². The van der Waals surface area contributed by atoms with Crippen molar-refractivity contribution in [1.29, 1.82) is 0 Å². The van der Waals surface area contributed by atoms with Gasteiger partial charge in [-0.25, -0.2) is 4.79 Å². The Kier molecular flexibility index (Phi) is 12.6. The molecule has 0 aromatic rings. The number of ether oxygens (including phenoxy) is 2. The predicted octanol–water partition coefficient (Wildman–Crippen LogP) is 2.24. The molecule has 0 aliphatic carbocycles. The van der Waals surface area contributed by atoms with Crippen molar-refractivity contribution in [2.24, 2.45) is 11.8 Å². The number of carbonyl (C=O) groups excluding carboxylic acids is 3.